The zero-order valence-electron chi connectivity index (χ0n) is 14.9. The van der Waals surface area contributed by atoms with Crippen LogP contribution in [-0.2, 0) is 12.7 Å². The molecule has 2 aliphatic rings. The van der Waals surface area contributed by atoms with Crippen molar-refractivity contribution in [1.29, 1.82) is 0 Å². The molecule has 144 valence electrons. The molecule has 0 amide bonds. The Morgan fingerprint density at radius 2 is 1.74 bits per heavy atom. The van der Waals surface area contributed by atoms with E-state index in [9.17, 15) is 13.2 Å². The molecule has 2 aromatic rings. The van der Waals surface area contributed by atoms with E-state index in [2.05, 4.69) is 27.3 Å². The Morgan fingerprint density at radius 1 is 1.00 bits per heavy atom. The van der Waals surface area contributed by atoms with Crippen LogP contribution in [-0.4, -0.2) is 24.8 Å². The summed E-state index contributed by atoms with van der Waals surface area (Å²) in [7, 11) is 0. The van der Waals surface area contributed by atoms with E-state index in [0.29, 0.717) is 12.1 Å². The number of hydrogen-bond donors (Lipinski definition) is 4. The van der Waals surface area contributed by atoms with Gasteiger partial charge in [-0.3, -0.25) is 5.32 Å². The summed E-state index contributed by atoms with van der Waals surface area (Å²) in [5.41, 5.74) is 1.90. The molecular formula is C20H23F3N4. The SMILES string of the molecule is FC(F)(F)c1cccc(CNC2Nc3ccccc3NC23CCNCC3)c1. The highest BCUT2D eigenvalue weighted by Gasteiger charge is 2.43. The van der Waals surface area contributed by atoms with Crippen molar-refractivity contribution in [2.24, 2.45) is 0 Å². The van der Waals surface area contributed by atoms with Gasteiger partial charge in [-0.2, -0.15) is 13.2 Å². The molecule has 4 nitrogen and oxygen atoms in total. The molecule has 0 aliphatic carbocycles. The quantitative estimate of drug-likeness (QED) is 0.659. The van der Waals surface area contributed by atoms with Gasteiger partial charge in [-0.05, 0) is 49.7 Å². The molecule has 4 N–H and O–H groups in total. The largest absolute Gasteiger partial charge is 0.416 e. The van der Waals surface area contributed by atoms with E-state index < -0.39 is 11.7 Å². The fourth-order valence-corrected chi connectivity index (χ4v) is 3.96. The summed E-state index contributed by atoms with van der Waals surface area (Å²) in [6.45, 7) is 2.16. The first-order valence-electron chi connectivity index (χ1n) is 9.20. The van der Waals surface area contributed by atoms with Crippen LogP contribution in [0.4, 0.5) is 24.5 Å². The maximum absolute atomic E-state index is 13.0. The topological polar surface area (TPSA) is 48.1 Å². The molecule has 1 unspecified atom stereocenters. The molecule has 1 atom stereocenters. The molecule has 0 bridgehead atoms. The van der Waals surface area contributed by atoms with Crippen LogP contribution in [0, 0.1) is 0 Å². The molecule has 2 heterocycles. The normalized spacial score (nSPS) is 21.2. The van der Waals surface area contributed by atoms with E-state index in [-0.39, 0.29) is 11.7 Å². The molecule has 4 rings (SSSR count). The molecule has 2 aromatic carbocycles. The number of halogens is 3. The van der Waals surface area contributed by atoms with Gasteiger partial charge in [0, 0.05) is 6.54 Å². The maximum atomic E-state index is 13.0. The van der Waals surface area contributed by atoms with Crippen molar-refractivity contribution in [3.8, 4) is 0 Å². The second kappa shape index (κ2) is 7.05. The van der Waals surface area contributed by atoms with Crippen molar-refractivity contribution >= 4 is 11.4 Å². The molecule has 0 saturated carbocycles. The summed E-state index contributed by atoms with van der Waals surface area (Å²) in [6, 6.07) is 13.5. The molecular weight excluding hydrogens is 353 g/mol. The first-order chi connectivity index (χ1) is 13.0. The number of hydrogen-bond acceptors (Lipinski definition) is 4. The highest BCUT2D eigenvalue weighted by atomic mass is 19.4. The van der Waals surface area contributed by atoms with Crippen LogP contribution in [0.15, 0.2) is 48.5 Å². The lowest BCUT2D eigenvalue weighted by Crippen LogP contribution is -2.65. The molecule has 2 aliphatic heterocycles. The van der Waals surface area contributed by atoms with Crippen LogP contribution in [0.3, 0.4) is 0 Å². The third-order valence-corrected chi connectivity index (χ3v) is 5.42. The van der Waals surface area contributed by atoms with Crippen molar-refractivity contribution in [3.63, 3.8) is 0 Å². The summed E-state index contributed by atoms with van der Waals surface area (Å²) >= 11 is 0. The van der Waals surface area contributed by atoms with Gasteiger partial charge in [0.1, 0.15) is 6.17 Å². The van der Waals surface area contributed by atoms with E-state index in [1.807, 2.05) is 18.2 Å². The number of piperidine rings is 1. The predicted molar refractivity (Wildman–Crippen MR) is 101 cm³/mol. The van der Waals surface area contributed by atoms with Crippen LogP contribution >= 0.6 is 0 Å². The van der Waals surface area contributed by atoms with E-state index in [1.54, 1.807) is 6.07 Å². The van der Waals surface area contributed by atoms with Crippen LogP contribution in [0.5, 0.6) is 0 Å². The highest BCUT2D eigenvalue weighted by molar-refractivity contribution is 5.73. The Morgan fingerprint density at radius 3 is 2.48 bits per heavy atom. The fraction of sp³-hybridized carbons (Fsp3) is 0.400. The zero-order chi connectivity index (χ0) is 18.9. The summed E-state index contributed by atoms with van der Waals surface area (Å²) in [6.07, 6.45) is -2.55. The Hall–Kier alpha value is -2.25. The van der Waals surface area contributed by atoms with Crippen molar-refractivity contribution in [1.82, 2.24) is 10.6 Å². The van der Waals surface area contributed by atoms with Gasteiger partial charge in [0.15, 0.2) is 0 Å². The van der Waals surface area contributed by atoms with Gasteiger partial charge in [0.25, 0.3) is 0 Å². The summed E-state index contributed by atoms with van der Waals surface area (Å²) in [5.74, 6) is 0. The predicted octanol–water partition coefficient (Wildman–Crippen LogP) is 3.78. The average Bonchev–Trinajstić information content (AvgIpc) is 2.66. The average molecular weight is 376 g/mol. The Bertz CT molecular complexity index is 800. The zero-order valence-corrected chi connectivity index (χ0v) is 14.9. The van der Waals surface area contributed by atoms with E-state index in [0.717, 1.165) is 43.4 Å². The molecule has 1 fully saturated rings. The van der Waals surface area contributed by atoms with Crippen molar-refractivity contribution < 1.29 is 13.2 Å². The third-order valence-electron chi connectivity index (χ3n) is 5.42. The highest BCUT2D eigenvalue weighted by Crippen LogP contribution is 2.37. The van der Waals surface area contributed by atoms with E-state index >= 15 is 0 Å². The number of anilines is 2. The van der Waals surface area contributed by atoms with Gasteiger partial charge >= 0.3 is 6.18 Å². The monoisotopic (exact) mass is 376 g/mol. The number of para-hydroxylation sites is 2. The molecule has 1 spiro atoms. The van der Waals surface area contributed by atoms with Gasteiger partial charge in [-0.25, -0.2) is 0 Å². The van der Waals surface area contributed by atoms with Crippen LogP contribution in [0.25, 0.3) is 0 Å². The summed E-state index contributed by atoms with van der Waals surface area (Å²) < 4.78 is 38.9. The van der Waals surface area contributed by atoms with Gasteiger partial charge in [-0.1, -0.05) is 30.3 Å². The maximum Gasteiger partial charge on any atom is 0.416 e. The second-order valence-electron chi connectivity index (χ2n) is 7.23. The van der Waals surface area contributed by atoms with Crippen molar-refractivity contribution in [2.75, 3.05) is 23.7 Å². The Balaban J connectivity index is 1.54. The molecule has 7 heteroatoms. The lowest BCUT2D eigenvalue weighted by atomic mass is 9.82. The lowest BCUT2D eigenvalue weighted by molar-refractivity contribution is -0.137. The first kappa shape index (κ1) is 18.1. The minimum absolute atomic E-state index is 0.0796. The number of nitrogens with one attached hydrogen (secondary N) is 4. The van der Waals surface area contributed by atoms with Crippen LogP contribution in [0.1, 0.15) is 24.0 Å². The Labute approximate surface area is 156 Å². The molecule has 27 heavy (non-hydrogen) atoms. The van der Waals surface area contributed by atoms with Gasteiger partial charge in [0.2, 0.25) is 0 Å². The van der Waals surface area contributed by atoms with Crippen LogP contribution < -0.4 is 21.3 Å². The smallest absolute Gasteiger partial charge is 0.374 e. The third kappa shape index (κ3) is 3.75. The van der Waals surface area contributed by atoms with Crippen molar-refractivity contribution in [3.05, 3.63) is 59.7 Å². The summed E-state index contributed by atoms with van der Waals surface area (Å²) in [5, 5.41) is 14.1. The fourth-order valence-electron chi connectivity index (χ4n) is 3.96. The van der Waals surface area contributed by atoms with Gasteiger partial charge in [0.05, 0.1) is 22.5 Å². The van der Waals surface area contributed by atoms with E-state index in [4.69, 9.17) is 0 Å². The minimum atomic E-state index is -4.32. The van der Waals surface area contributed by atoms with Gasteiger partial charge in [-0.15, -0.1) is 0 Å². The Kier molecular flexibility index (Phi) is 4.74. The first-order valence-corrected chi connectivity index (χ1v) is 9.20. The van der Waals surface area contributed by atoms with E-state index in [1.165, 1.54) is 12.1 Å². The minimum Gasteiger partial charge on any atom is -0.374 e. The van der Waals surface area contributed by atoms with Gasteiger partial charge < -0.3 is 16.0 Å². The number of rotatable bonds is 3. The lowest BCUT2D eigenvalue weighted by Gasteiger charge is -2.49. The number of benzene rings is 2. The number of fused-ring (bicyclic) bond motifs is 1. The standard InChI is InChI=1S/C20H23F3N4/c21-20(22,23)15-5-3-4-14(12-15)13-25-18-19(8-10-24-11-9-19)27-17-7-2-1-6-16(17)26-18/h1-7,12,18,24-27H,8-11,13H2. The second-order valence-corrected chi connectivity index (χ2v) is 7.23. The molecule has 1 saturated heterocycles. The van der Waals surface area contributed by atoms with Crippen LogP contribution in [0.2, 0.25) is 0 Å². The molecule has 0 aromatic heterocycles. The van der Waals surface area contributed by atoms with Crippen molar-refractivity contribution in [2.45, 2.75) is 37.3 Å². The molecule has 0 radical (unpaired) electrons. The summed E-state index contributed by atoms with van der Waals surface area (Å²) in [4.78, 5) is 0. The number of alkyl halides is 3.